The van der Waals surface area contributed by atoms with E-state index in [1.807, 2.05) is 42.5 Å². The van der Waals surface area contributed by atoms with Crippen molar-refractivity contribution in [2.75, 3.05) is 24.5 Å². The Morgan fingerprint density at radius 2 is 2.04 bits per heavy atom. The smallest absolute Gasteiger partial charge is 0.316 e. The molecule has 2 aromatic carbocycles. The molecule has 0 aliphatic carbocycles. The van der Waals surface area contributed by atoms with E-state index in [0.29, 0.717) is 18.3 Å². The van der Waals surface area contributed by atoms with Crippen LogP contribution in [-0.2, 0) is 16.1 Å². The minimum atomic E-state index is -0.279. The van der Waals surface area contributed by atoms with E-state index in [0.717, 1.165) is 33.8 Å². The lowest BCUT2D eigenvalue weighted by Gasteiger charge is -2.11. The Bertz CT molecular complexity index is 1010. The molecule has 0 saturated carbocycles. The van der Waals surface area contributed by atoms with E-state index in [2.05, 4.69) is 15.3 Å². The first kappa shape index (κ1) is 18.4. The van der Waals surface area contributed by atoms with Crippen molar-refractivity contribution < 1.29 is 19.0 Å². The van der Waals surface area contributed by atoms with Gasteiger partial charge in [0.2, 0.25) is 6.79 Å². The van der Waals surface area contributed by atoms with Gasteiger partial charge in [0, 0.05) is 11.9 Å². The summed E-state index contributed by atoms with van der Waals surface area (Å²) in [5.74, 6) is 2.12. The van der Waals surface area contributed by atoms with Crippen LogP contribution >= 0.6 is 11.8 Å². The van der Waals surface area contributed by atoms with Crippen LogP contribution in [0.3, 0.4) is 0 Å². The predicted octanol–water partition coefficient (Wildman–Crippen LogP) is 3.63. The zero-order valence-corrected chi connectivity index (χ0v) is 16.1. The van der Waals surface area contributed by atoms with Crippen LogP contribution in [0.2, 0.25) is 0 Å². The Hall–Kier alpha value is -3.00. The first-order valence-electron chi connectivity index (χ1n) is 8.90. The molecule has 144 valence electrons. The normalized spacial score (nSPS) is 12.2. The molecule has 0 unspecified atom stereocenters. The average molecular weight is 397 g/mol. The van der Waals surface area contributed by atoms with Crippen LogP contribution in [0.25, 0.3) is 10.9 Å². The van der Waals surface area contributed by atoms with Crippen LogP contribution in [0.4, 0.5) is 5.82 Å². The second kappa shape index (κ2) is 8.35. The maximum absolute atomic E-state index is 11.6. The highest BCUT2D eigenvalue weighted by molar-refractivity contribution is 7.99. The Balaban J connectivity index is 1.54. The van der Waals surface area contributed by atoms with Gasteiger partial charge in [-0.25, -0.2) is 9.97 Å². The van der Waals surface area contributed by atoms with E-state index in [-0.39, 0.29) is 18.5 Å². The summed E-state index contributed by atoms with van der Waals surface area (Å²) in [5.41, 5.74) is 1.87. The lowest BCUT2D eigenvalue weighted by atomic mass is 10.2. The van der Waals surface area contributed by atoms with E-state index in [1.54, 1.807) is 6.92 Å². The molecule has 0 fully saturated rings. The van der Waals surface area contributed by atoms with Gasteiger partial charge in [0.05, 0.1) is 17.9 Å². The fraction of sp³-hybridized carbons (Fsp3) is 0.250. The van der Waals surface area contributed by atoms with Crippen molar-refractivity contribution in [3.8, 4) is 11.5 Å². The van der Waals surface area contributed by atoms with Crippen molar-refractivity contribution in [2.45, 2.75) is 18.6 Å². The molecular weight excluding hydrogens is 378 g/mol. The molecule has 1 N–H and O–H groups in total. The number of fused-ring (bicyclic) bond motifs is 2. The van der Waals surface area contributed by atoms with E-state index >= 15 is 0 Å². The van der Waals surface area contributed by atoms with Gasteiger partial charge in [-0.2, -0.15) is 0 Å². The number of nitrogens with one attached hydrogen (secondary N) is 1. The highest BCUT2D eigenvalue weighted by atomic mass is 32.2. The molecular formula is C20H19N3O4S. The van der Waals surface area contributed by atoms with Crippen LogP contribution in [0.5, 0.6) is 11.5 Å². The van der Waals surface area contributed by atoms with Crippen LogP contribution < -0.4 is 14.8 Å². The van der Waals surface area contributed by atoms with Crippen molar-refractivity contribution in [2.24, 2.45) is 0 Å². The van der Waals surface area contributed by atoms with Gasteiger partial charge >= 0.3 is 5.97 Å². The Morgan fingerprint density at radius 3 is 2.93 bits per heavy atom. The second-order valence-electron chi connectivity index (χ2n) is 6.01. The Kier molecular flexibility index (Phi) is 5.48. The second-order valence-corrected chi connectivity index (χ2v) is 6.95. The third-order valence-electron chi connectivity index (χ3n) is 4.10. The maximum atomic E-state index is 11.6. The Morgan fingerprint density at radius 1 is 1.18 bits per heavy atom. The standard InChI is InChI=1S/C20H19N3O4S/c1-2-25-18(24)11-28-20-22-15-6-4-3-5-14(15)19(23-20)21-10-13-7-8-16-17(9-13)27-12-26-16/h3-9H,2,10-12H2,1H3,(H,21,22,23). The summed E-state index contributed by atoms with van der Waals surface area (Å²) in [7, 11) is 0. The van der Waals surface area contributed by atoms with E-state index in [9.17, 15) is 4.79 Å². The molecule has 28 heavy (non-hydrogen) atoms. The number of rotatable bonds is 7. The number of anilines is 1. The molecule has 8 heteroatoms. The molecule has 1 aliphatic rings. The van der Waals surface area contributed by atoms with Gasteiger partial charge in [-0.05, 0) is 36.8 Å². The predicted molar refractivity (Wildman–Crippen MR) is 107 cm³/mol. The quantitative estimate of drug-likeness (QED) is 0.368. The van der Waals surface area contributed by atoms with Gasteiger partial charge in [0.1, 0.15) is 5.82 Å². The number of hydrogen-bond donors (Lipinski definition) is 1. The maximum Gasteiger partial charge on any atom is 0.316 e. The topological polar surface area (TPSA) is 82.6 Å². The number of nitrogens with zero attached hydrogens (tertiary/aromatic N) is 2. The molecule has 0 spiro atoms. The van der Waals surface area contributed by atoms with Crippen molar-refractivity contribution in [1.29, 1.82) is 0 Å². The first-order chi connectivity index (χ1) is 13.7. The van der Waals surface area contributed by atoms with Gasteiger partial charge in [-0.3, -0.25) is 4.79 Å². The fourth-order valence-corrected chi connectivity index (χ4v) is 3.47. The number of para-hydroxylation sites is 1. The molecule has 1 aromatic heterocycles. The van der Waals surface area contributed by atoms with Gasteiger partial charge in [-0.15, -0.1) is 0 Å². The number of esters is 1. The number of thioether (sulfide) groups is 1. The molecule has 0 radical (unpaired) electrons. The van der Waals surface area contributed by atoms with Crippen molar-refractivity contribution in [3.05, 3.63) is 48.0 Å². The molecule has 4 rings (SSSR count). The zero-order valence-electron chi connectivity index (χ0n) is 15.3. The third-order valence-corrected chi connectivity index (χ3v) is 4.92. The highest BCUT2D eigenvalue weighted by Crippen LogP contribution is 2.33. The average Bonchev–Trinajstić information content (AvgIpc) is 3.18. The number of benzene rings is 2. The molecule has 0 bridgehead atoms. The van der Waals surface area contributed by atoms with Gasteiger partial charge in [0.15, 0.2) is 16.7 Å². The van der Waals surface area contributed by atoms with Gasteiger partial charge in [-0.1, -0.05) is 30.0 Å². The number of carbonyl (C=O) groups is 1. The van der Waals surface area contributed by atoms with Crippen LogP contribution in [0, 0.1) is 0 Å². The van der Waals surface area contributed by atoms with Crippen molar-refractivity contribution in [1.82, 2.24) is 9.97 Å². The van der Waals surface area contributed by atoms with Crippen molar-refractivity contribution >= 4 is 34.5 Å². The SMILES string of the molecule is CCOC(=O)CSc1nc(NCc2ccc3c(c2)OCO3)c2ccccc2n1. The number of aromatic nitrogens is 2. The number of carbonyl (C=O) groups excluding carboxylic acids is 1. The fourth-order valence-electron chi connectivity index (χ4n) is 2.82. The van der Waals surface area contributed by atoms with E-state index in [1.165, 1.54) is 11.8 Å². The highest BCUT2D eigenvalue weighted by Gasteiger charge is 2.14. The molecule has 0 atom stereocenters. The molecule has 2 heterocycles. The summed E-state index contributed by atoms with van der Waals surface area (Å²) in [6, 6.07) is 13.6. The zero-order chi connectivity index (χ0) is 19.3. The Labute approximate surface area is 166 Å². The molecule has 3 aromatic rings. The third kappa shape index (κ3) is 4.12. The monoisotopic (exact) mass is 397 g/mol. The van der Waals surface area contributed by atoms with Crippen LogP contribution in [0.15, 0.2) is 47.6 Å². The minimum Gasteiger partial charge on any atom is -0.465 e. The summed E-state index contributed by atoms with van der Waals surface area (Å²) >= 11 is 1.26. The molecule has 0 saturated heterocycles. The van der Waals surface area contributed by atoms with Gasteiger partial charge in [0.25, 0.3) is 0 Å². The summed E-state index contributed by atoms with van der Waals surface area (Å²) < 4.78 is 15.8. The number of ether oxygens (including phenoxy) is 3. The molecule has 7 nitrogen and oxygen atoms in total. The summed E-state index contributed by atoms with van der Waals surface area (Å²) in [5, 5.41) is 4.82. The minimum absolute atomic E-state index is 0.174. The first-order valence-corrected chi connectivity index (χ1v) is 9.89. The molecule has 1 aliphatic heterocycles. The summed E-state index contributed by atoms with van der Waals surface area (Å²) in [6.07, 6.45) is 0. The lowest BCUT2D eigenvalue weighted by Crippen LogP contribution is -2.08. The van der Waals surface area contributed by atoms with Crippen molar-refractivity contribution in [3.63, 3.8) is 0 Å². The molecule has 0 amide bonds. The van der Waals surface area contributed by atoms with E-state index in [4.69, 9.17) is 14.2 Å². The largest absolute Gasteiger partial charge is 0.465 e. The number of hydrogen-bond acceptors (Lipinski definition) is 8. The van der Waals surface area contributed by atoms with E-state index < -0.39 is 0 Å². The van der Waals surface area contributed by atoms with Crippen LogP contribution in [-0.4, -0.2) is 35.1 Å². The van der Waals surface area contributed by atoms with Crippen LogP contribution in [0.1, 0.15) is 12.5 Å². The lowest BCUT2D eigenvalue weighted by molar-refractivity contribution is -0.139. The van der Waals surface area contributed by atoms with Gasteiger partial charge < -0.3 is 19.5 Å². The summed E-state index contributed by atoms with van der Waals surface area (Å²) in [4.78, 5) is 20.8. The summed E-state index contributed by atoms with van der Waals surface area (Å²) in [6.45, 7) is 2.97.